The first kappa shape index (κ1) is 21.2. The summed E-state index contributed by atoms with van der Waals surface area (Å²) < 4.78 is 25.5. The van der Waals surface area contributed by atoms with Gasteiger partial charge in [-0.05, 0) is 31.0 Å². The van der Waals surface area contributed by atoms with Crippen molar-refractivity contribution in [2.24, 2.45) is 0 Å². The molecule has 0 aliphatic rings. The van der Waals surface area contributed by atoms with E-state index in [2.05, 4.69) is 16.4 Å². The monoisotopic (exact) mass is 429 g/mol. The second-order valence-electron chi connectivity index (χ2n) is 6.89. The summed E-state index contributed by atoms with van der Waals surface area (Å²) in [7, 11) is -0.465. The van der Waals surface area contributed by atoms with Gasteiger partial charge in [0, 0.05) is 31.5 Å². The molecule has 8 heteroatoms. The Kier molecular flexibility index (Phi) is 6.46. The molecule has 0 spiro atoms. The van der Waals surface area contributed by atoms with E-state index in [0.29, 0.717) is 23.7 Å². The highest BCUT2D eigenvalue weighted by Gasteiger charge is 2.17. The minimum atomic E-state index is -3.46. The van der Waals surface area contributed by atoms with Crippen LogP contribution >= 0.6 is 11.3 Å². The van der Waals surface area contributed by atoms with Crippen molar-refractivity contribution in [3.05, 3.63) is 65.0 Å². The number of amides is 1. The van der Waals surface area contributed by atoms with E-state index in [1.54, 1.807) is 24.3 Å². The number of carbonyl (C=O) groups excluding carboxylic acids is 1. The Labute approximate surface area is 175 Å². The summed E-state index contributed by atoms with van der Waals surface area (Å²) in [6.45, 7) is 2.03. The van der Waals surface area contributed by atoms with Gasteiger partial charge in [-0.15, -0.1) is 11.3 Å². The number of benzene rings is 2. The van der Waals surface area contributed by atoms with Crippen LogP contribution in [0.3, 0.4) is 0 Å². The van der Waals surface area contributed by atoms with Crippen LogP contribution in [0.25, 0.3) is 11.3 Å². The maximum atomic E-state index is 12.2. The van der Waals surface area contributed by atoms with Gasteiger partial charge in [-0.1, -0.05) is 42.0 Å². The lowest BCUT2D eigenvalue weighted by Gasteiger charge is -2.11. The molecule has 0 saturated carbocycles. The van der Waals surface area contributed by atoms with E-state index in [9.17, 15) is 13.2 Å². The SMILES string of the molecule is Cc1cccc(CCC(=O)Nc2nc(-c3ccc(S(=O)(=O)N(C)C)cc3)cs2)c1. The van der Waals surface area contributed by atoms with E-state index >= 15 is 0 Å². The lowest BCUT2D eigenvalue weighted by Crippen LogP contribution is -2.22. The average Bonchev–Trinajstić information content (AvgIpc) is 3.15. The van der Waals surface area contributed by atoms with Gasteiger partial charge in [0.1, 0.15) is 0 Å². The van der Waals surface area contributed by atoms with Crippen molar-refractivity contribution < 1.29 is 13.2 Å². The number of aromatic nitrogens is 1. The number of nitrogens with one attached hydrogen (secondary N) is 1. The fourth-order valence-electron chi connectivity index (χ4n) is 2.78. The maximum absolute atomic E-state index is 12.2. The number of rotatable bonds is 7. The Morgan fingerprint density at radius 2 is 1.86 bits per heavy atom. The number of sulfonamides is 1. The lowest BCUT2D eigenvalue weighted by molar-refractivity contribution is -0.116. The zero-order valence-electron chi connectivity index (χ0n) is 16.5. The summed E-state index contributed by atoms with van der Waals surface area (Å²) in [5.74, 6) is -0.0835. The third-order valence-corrected chi connectivity index (χ3v) is 6.99. The first-order valence-corrected chi connectivity index (χ1v) is 11.4. The van der Waals surface area contributed by atoms with Crippen molar-refractivity contribution >= 4 is 32.4 Å². The molecule has 3 aromatic rings. The van der Waals surface area contributed by atoms with E-state index in [1.807, 2.05) is 30.5 Å². The summed E-state index contributed by atoms with van der Waals surface area (Å²) in [5.41, 5.74) is 3.79. The van der Waals surface area contributed by atoms with Gasteiger partial charge in [-0.3, -0.25) is 4.79 Å². The van der Waals surface area contributed by atoms with Crippen molar-refractivity contribution in [2.45, 2.75) is 24.7 Å². The molecule has 1 heterocycles. The Balaban J connectivity index is 1.62. The standard InChI is InChI=1S/C21H23N3O3S2/c1-15-5-4-6-16(13-15)7-12-20(25)23-21-22-19(14-28-21)17-8-10-18(11-9-17)29(26,27)24(2)3/h4-6,8-11,13-14H,7,12H2,1-3H3,(H,22,23,25). The van der Waals surface area contributed by atoms with Crippen LogP contribution in [-0.2, 0) is 21.2 Å². The molecule has 29 heavy (non-hydrogen) atoms. The topological polar surface area (TPSA) is 79.4 Å². The number of hydrogen-bond acceptors (Lipinski definition) is 5. The number of nitrogens with zero attached hydrogens (tertiary/aromatic N) is 2. The van der Waals surface area contributed by atoms with Crippen molar-refractivity contribution in [3.63, 3.8) is 0 Å². The van der Waals surface area contributed by atoms with E-state index in [-0.39, 0.29) is 10.8 Å². The Morgan fingerprint density at radius 3 is 2.52 bits per heavy atom. The zero-order chi connectivity index (χ0) is 21.0. The van der Waals surface area contributed by atoms with Gasteiger partial charge in [0.2, 0.25) is 15.9 Å². The van der Waals surface area contributed by atoms with Crippen LogP contribution in [0.4, 0.5) is 5.13 Å². The first-order valence-electron chi connectivity index (χ1n) is 9.09. The molecule has 0 fully saturated rings. The van der Waals surface area contributed by atoms with Gasteiger partial charge in [-0.25, -0.2) is 17.7 Å². The quantitative estimate of drug-likeness (QED) is 0.617. The van der Waals surface area contributed by atoms with Crippen LogP contribution in [0.15, 0.2) is 58.8 Å². The number of carbonyl (C=O) groups is 1. The van der Waals surface area contributed by atoms with Crippen molar-refractivity contribution in [3.8, 4) is 11.3 Å². The van der Waals surface area contributed by atoms with E-state index < -0.39 is 10.0 Å². The van der Waals surface area contributed by atoms with Gasteiger partial charge in [0.25, 0.3) is 0 Å². The minimum Gasteiger partial charge on any atom is -0.302 e. The smallest absolute Gasteiger partial charge is 0.242 e. The Bertz CT molecular complexity index is 1100. The molecule has 0 atom stereocenters. The summed E-state index contributed by atoms with van der Waals surface area (Å²) in [6.07, 6.45) is 1.06. The van der Waals surface area contributed by atoms with Crippen molar-refractivity contribution in [2.75, 3.05) is 19.4 Å². The summed E-state index contributed by atoms with van der Waals surface area (Å²) >= 11 is 1.34. The molecule has 1 N–H and O–H groups in total. The molecule has 0 saturated heterocycles. The molecule has 6 nitrogen and oxygen atoms in total. The number of anilines is 1. The predicted molar refractivity (Wildman–Crippen MR) is 117 cm³/mol. The zero-order valence-corrected chi connectivity index (χ0v) is 18.2. The van der Waals surface area contributed by atoms with Gasteiger partial charge in [0.15, 0.2) is 5.13 Å². The molecule has 0 aliphatic heterocycles. The molecular weight excluding hydrogens is 406 g/mol. The number of hydrogen-bond donors (Lipinski definition) is 1. The van der Waals surface area contributed by atoms with Crippen LogP contribution < -0.4 is 5.32 Å². The molecule has 0 bridgehead atoms. The van der Waals surface area contributed by atoms with Gasteiger partial charge >= 0.3 is 0 Å². The molecule has 0 radical (unpaired) electrons. The maximum Gasteiger partial charge on any atom is 0.242 e. The average molecular weight is 430 g/mol. The van der Waals surface area contributed by atoms with Gasteiger partial charge in [0.05, 0.1) is 10.6 Å². The highest BCUT2D eigenvalue weighted by Crippen LogP contribution is 2.26. The van der Waals surface area contributed by atoms with E-state index in [1.165, 1.54) is 35.3 Å². The predicted octanol–water partition coefficient (Wildman–Crippen LogP) is 3.94. The molecule has 0 unspecified atom stereocenters. The number of thiazole rings is 1. The van der Waals surface area contributed by atoms with E-state index in [0.717, 1.165) is 11.1 Å². The molecule has 2 aromatic carbocycles. The third-order valence-electron chi connectivity index (χ3n) is 4.40. The van der Waals surface area contributed by atoms with E-state index in [4.69, 9.17) is 0 Å². The largest absolute Gasteiger partial charge is 0.302 e. The fourth-order valence-corrected chi connectivity index (χ4v) is 4.42. The van der Waals surface area contributed by atoms with Crippen LogP contribution in [0.5, 0.6) is 0 Å². The van der Waals surface area contributed by atoms with Crippen molar-refractivity contribution in [1.82, 2.24) is 9.29 Å². The molecule has 1 amide bonds. The lowest BCUT2D eigenvalue weighted by atomic mass is 10.1. The van der Waals surface area contributed by atoms with Crippen LogP contribution in [-0.4, -0.2) is 37.7 Å². The molecule has 0 aliphatic carbocycles. The Hall–Kier alpha value is -2.55. The normalized spacial score (nSPS) is 11.6. The fraction of sp³-hybridized carbons (Fsp3) is 0.238. The second kappa shape index (κ2) is 8.86. The minimum absolute atomic E-state index is 0.0835. The summed E-state index contributed by atoms with van der Waals surface area (Å²) in [6, 6.07) is 14.7. The molecule has 3 rings (SSSR count). The van der Waals surface area contributed by atoms with Crippen LogP contribution in [0.1, 0.15) is 17.5 Å². The third kappa shape index (κ3) is 5.29. The van der Waals surface area contributed by atoms with Gasteiger partial charge in [-0.2, -0.15) is 0 Å². The highest BCUT2D eigenvalue weighted by atomic mass is 32.2. The summed E-state index contributed by atoms with van der Waals surface area (Å²) in [5, 5.41) is 5.20. The first-order chi connectivity index (χ1) is 13.8. The van der Waals surface area contributed by atoms with Crippen LogP contribution in [0, 0.1) is 6.92 Å². The molecular formula is C21H23N3O3S2. The molecule has 1 aromatic heterocycles. The second-order valence-corrected chi connectivity index (χ2v) is 9.90. The molecule has 152 valence electrons. The Morgan fingerprint density at radius 1 is 1.14 bits per heavy atom. The summed E-state index contributed by atoms with van der Waals surface area (Å²) in [4.78, 5) is 16.9. The van der Waals surface area contributed by atoms with Gasteiger partial charge < -0.3 is 5.32 Å². The number of aryl methyl sites for hydroxylation is 2. The van der Waals surface area contributed by atoms with Crippen molar-refractivity contribution in [1.29, 1.82) is 0 Å². The van der Waals surface area contributed by atoms with Crippen LogP contribution in [0.2, 0.25) is 0 Å². The highest BCUT2D eigenvalue weighted by molar-refractivity contribution is 7.89.